The third-order valence-corrected chi connectivity index (χ3v) is 2.39. The molecule has 1 aromatic heterocycles. The highest BCUT2D eigenvalue weighted by Crippen LogP contribution is 2.06. The molecule has 0 atom stereocenters. The van der Waals surface area contributed by atoms with Crippen molar-refractivity contribution >= 4 is 23.9 Å². The van der Waals surface area contributed by atoms with Gasteiger partial charge in [0, 0.05) is 18.5 Å². The molecule has 0 aliphatic rings. The van der Waals surface area contributed by atoms with Gasteiger partial charge in [-0.1, -0.05) is 12.1 Å². The lowest BCUT2D eigenvalue weighted by molar-refractivity contribution is -0.111. The van der Waals surface area contributed by atoms with Crippen LogP contribution in [0.5, 0.6) is 0 Å². The Balaban J connectivity index is 1.98. The van der Waals surface area contributed by atoms with E-state index in [1.165, 1.54) is 30.6 Å². The molecule has 2 rings (SSSR count). The van der Waals surface area contributed by atoms with Crippen LogP contribution >= 0.6 is 0 Å². The molecule has 0 bridgehead atoms. The van der Waals surface area contributed by atoms with E-state index in [0.29, 0.717) is 0 Å². The number of benzene rings is 1. The number of amides is 1. The number of nitrogens with zero attached hydrogens (tertiary/aromatic N) is 2. The van der Waals surface area contributed by atoms with E-state index in [4.69, 9.17) is 5.11 Å². The number of hydrogen-bond donors (Lipinski definition) is 2. The lowest BCUT2D eigenvalue weighted by Gasteiger charge is -1.98. The molecule has 100 valence electrons. The van der Waals surface area contributed by atoms with Crippen LogP contribution < -0.4 is 5.32 Å². The summed E-state index contributed by atoms with van der Waals surface area (Å²) in [6.07, 6.45) is 5.95. The van der Waals surface area contributed by atoms with Gasteiger partial charge in [-0.3, -0.25) is 10.1 Å². The largest absolute Gasteiger partial charge is 0.478 e. The molecule has 0 aliphatic heterocycles. The zero-order valence-corrected chi connectivity index (χ0v) is 10.4. The van der Waals surface area contributed by atoms with Crippen molar-refractivity contribution in [1.29, 1.82) is 0 Å². The fourth-order valence-electron chi connectivity index (χ4n) is 1.42. The van der Waals surface area contributed by atoms with Crippen molar-refractivity contribution in [3.05, 3.63) is 59.9 Å². The fourth-order valence-corrected chi connectivity index (χ4v) is 1.42. The Hall–Kier alpha value is -3.02. The molecule has 1 heterocycles. The van der Waals surface area contributed by atoms with Crippen LogP contribution in [0, 0.1) is 0 Å². The number of rotatable bonds is 4. The normalized spacial score (nSPS) is 10.4. The molecule has 1 aromatic carbocycles. The maximum absolute atomic E-state index is 11.6. The predicted molar refractivity (Wildman–Crippen MR) is 73.1 cm³/mol. The highest BCUT2D eigenvalue weighted by atomic mass is 16.4. The van der Waals surface area contributed by atoms with Gasteiger partial charge in [0.05, 0.1) is 5.56 Å². The minimum atomic E-state index is -0.987. The number of nitrogens with one attached hydrogen (secondary N) is 1. The summed E-state index contributed by atoms with van der Waals surface area (Å²) in [6, 6.07) is 7.83. The number of aromatic carboxylic acids is 1. The van der Waals surface area contributed by atoms with Crippen LogP contribution in [-0.2, 0) is 4.79 Å². The minimum Gasteiger partial charge on any atom is -0.478 e. The Bertz CT molecular complexity index is 636. The summed E-state index contributed by atoms with van der Waals surface area (Å²) in [7, 11) is 0. The molecule has 20 heavy (non-hydrogen) atoms. The van der Waals surface area contributed by atoms with E-state index in [1.807, 2.05) is 0 Å². The summed E-state index contributed by atoms with van der Waals surface area (Å²) < 4.78 is 0. The van der Waals surface area contributed by atoms with Gasteiger partial charge in [0.25, 0.3) is 5.91 Å². The highest BCUT2D eigenvalue weighted by molar-refractivity contribution is 6.00. The maximum atomic E-state index is 11.6. The minimum absolute atomic E-state index is 0.198. The molecule has 0 unspecified atom stereocenters. The van der Waals surface area contributed by atoms with E-state index < -0.39 is 5.97 Å². The summed E-state index contributed by atoms with van der Waals surface area (Å²) in [6.45, 7) is 0. The molecule has 0 saturated carbocycles. The Morgan fingerprint density at radius 2 is 1.75 bits per heavy atom. The lowest BCUT2D eigenvalue weighted by Crippen LogP contribution is -2.10. The first-order valence-electron chi connectivity index (χ1n) is 5.74. The van der Waals surface area contributed by atoms with Crippen LogP contribution in [0.15, 0.2) is 48.8 Å². The van der Waals surface area contributed by atoms with Gasteiger partial charge in [-0.2, -0.15) is 0 Å². The van der Waals surface area contributed by atoms with E-state index >= 15 is 0 Å². The smallest absolute Gasteiger partial charge is 0.335 e. The van der Waals surface area contributed by atoms with Gasteiger partial charge in [0.15, 0.2) is 0 Å². The first-order chi connectivity index (χ1) is 9.65. The highest BCUT2D eigenvalue weighted by Gasteiger charge is 2.01. The van der Waals surface area contributed by atoms with Crippen molar-refractivity contribution in [2.24, 2.45) is 0 Å². The van der Waals surface area contributed by atoms with Crippen molar-refractivity contribution in [1.82, 2.24) is 9.97 Å². The van der Waals surface area contributed by atoms with Crippen molar-refractivity contribution in [2.75, 3.05) is 5.32 Å². The van der Waals surface area contributed by atoms with Crippen LogP contribution in [0.2, 0.25) is 0 Å². The zero-order valence-electron chi connectivity index (χ0n) is 10.4. The third kappa shape index (κ3) is 3.74. The molecule has 1 amide bonds. The first kappa shape index (κ1) is 13.4. The second-order valence-corrected chi connectivity index (χ2v) is 3.82. The van der Waals surface area contributed by atoms with Crippen molar-refractivity contribution in [3.63, 3.8) is 0 Å². The molecule has 0 radical (unpaired) electrons. The standard InChI is InChI=1S/C14H11N3O3/c18-12(17-14-15-8-1-9-16-14)7-4-10-2-5-11(6-3-10)13(19)20/h1-9H,(H,19,20)(H,15,16,17,18)/b7-4+. The van der Waals surface area contributed by atoms with Crippen LogP contribution in [0.4, 0.5) is 5.95 Å². The number of carboxylic acid groups (broad SMARTS) is 1. The van der Waals surface area contributed by atoms with E-state index in [1.54, 1.807) is 24.3 Å². The average Bonchev–Trinajstić information content (AvgIpc) is 2.46. The molecule has 0 saturated heterocycles. The third-order valence-electron chi connectivity index (χ3n) is 2.39. The second-order valence-electron chi connectivity index (χ2n) is 3.82. The zero-order chi connectivity index (χ0) is 14.4. The second kappa shape index (κ2) is 6.24. The average molecular weight is 269 g/mol. The molecule has 2 N–H and O–H groups in total. The molecule has 0 spiro atoms. The first-order valence-corrected chi connectivity index (χ1v) is 5.74. The van der Waals surface area contributed by atoms with Crippen LogP contribution in [0.1, 0.15) is 15.9 Å². The molecule has 6 heteroatoms. The van der Waals surface area contributed by atoms with Gasteiger partial charge < -0.3 is 5.11 Å². The van der Waals surface area contributed by atoms with Crippen molar-refractivity contribution < 1.29 is 14.7 Å². The topological polar surface area (TPSA) is 92.2 Å². The summed E-state index contributed by atoms with van der Waals surface area (Å²) in [5.74, 6) is -1.12. The van der Waals surface area contributed by atoms with Gasteiger partial charge in [-0.15, -0.1) is 0 Å². The van der Waals surface area contributed by atoms with Crippen molar-refractivity contribution in [3.8, 4) is 0 Å². The van der Waals surface area contributed by atoms with Gasteiger partial charge in [0.1, 0.15) is 0 Å². The molecule has 2 aromatic rings. The summed E-state index contributed by atoms with van der Waals surface area (Å²) in [5.41, 5.74) is 0.920. The summed E-state index contributed by atoms with van der Waals surface area (Å²) in [5, 5.41) is 11.3. The van der Waals surface area contributed by atoms with Crippen LogP contribution in [0.25, 0.3) is 6.08 Å². The van der Waals surface area contributed by atoms with Gasteiger partial charge >= 0.3 is 5.97 Å². The Morgan fingerprint density at radius 1 is 1.10 bits per heavy atom. The molecular formula is C14H11N3O3. The number of carbonyl (C=O) groups excluding carboxylic acids is 1. The maximum Gasteiger partial charge on any atom is 0.335 e. The quantitative estimate of drug-likeness (QED) is 0.826. The Morgan fingerprint density at radius 3 is 2.35 bits per heavy atom. The molecular weight excluding hydrogens is 258 g/mol. The van der Waals surface area contributed by atoms with Crippen molar-refractivity contribution in [2.45, 2.75) is 0 Å². The fraction of sp³-hybridized carbons (Fsp3) is 0. The van der Waals surface area contributed by atoms with Crippen LogP contribution in [0.3, 0.4) is 0 Å². The number of anilines is 1. The number of aromatic nitrogens is 2. The number of carbonyl (C=O) groups is 2. The van der Waals surface area contributed by atoms with E-state index in [0.717, 1.165) is 5.56 Å². The summed E-state index contributed by atoms with van der Waals surface area (Å²) >= 11 is 0. The van der Waals surface area contributed by atoms with Gasteiger partial charge in [-0.25, -0.2) is 14.8 Å². The monoisotopic (exact) mass is 269 g/mol. The summed E-state index contributed by atoms with van der Waals surface area (Å²) in [4.78, 5) is 30.0. The van der Waals surface area contributed by atoms with Gasteiger partial charge in [0.2, 0.25) is 5.95 Å². The molecule has 6 nitrogen and oxygen atoms in total. The SMILES string of the molecule is O=C(/C=C/c1ccc(C(=O)O)cc1)Nc1ncccn1. The molecule has 0 fully saturated rings. The lowest BCUT2D eigenvalue weighted by atomic mass is 10.1. The van der Waals surface area contributed by atoms with E-state index in [9.17, 15) is 9.59 Å². The molecule has 0 aliphatic carbocycles. The Kier molecular flexibility index (Phi) is 4.18. The number of hydrogen-bond acceptors (Lipinski definition) is 4. The van der Waals surface area contributed by atoms with Gasteiger partial charge in [-0.05, 0) is 29.8 Å². The predicted octanol–water partition coefficient (Wildman–Crippen LogP) is 1.83. The number of carboxylic acids is 1. The van der Waals surface area contributed by atoms with Crippen LogP contribution in [-0.4, -0.2) is 27.0 Å². The Labute approximate surface area is 114 Å². The van der Waals surface area contributed by atoms with E-state index in [-0.39, 0.29) is 17.4 Å². The van der Waals surface area contributed by atoms with E-state index in [2.05, 4.69) is 15.3 Å².